The summed E-state index contributed by atoms with van der Waals surface area (Å²) >= 11 is 0. The number of carbonyl (C=O) groups is 1. The van der Waals surface area contributed by atoms with Crippen molar-refractivity contribution in [2.75, 3.05) is 25.4 Å². The van der Waals surface area contributed by atoms with Crippen LogP contribution in [0.2, 0.25) is 0 Å². The fourth-order valence-electron chi connectivity index (χ4n) is 2.60. The molecule has 1 aliphatic heterocycles. The normalized spacial score (nSPS) is 22.7. The highest BCUT2D eigenvalue weighted by Gasteiger charge is 2.39. The molecule has 2 amide bonds. The van der Waals surface area contributed by atoms with Crippen molar-refractivity contribution in [2.24, 2.45) is 0 Å². The van der Waals surface area contributed by atoms with Gasteiger partial charge in [-0.05, 0) is 48.5 Å². The average molecular weight is 318 g/mol. The molecule has 1 fully saturated rings. The van der Waals surface area contributed by atoms with E-state index in [0.29, 0.717) is 25.4 Å². The summed E-state index contributed by atoms with van der Waals surface area (Å²) in [5.41, 5.74) is -0.708. The fourth-order valence-corrected chi connectivity index (χ4v) is 3.50. The minimum atomic E-state index is -0.947. The Morgan fingerprint density at radius 2 is 1.67 bits per heavy atom. The third-order valence-electron chi connectivity index (χ3n) is 3.23. The monoisotopic (exact) mass is 318 g/mol. The zero-order chi connectivity index (χ0) is 16.5. The molecule has 5 nitrogen and oxygen atoms in total. The summed E-state index contributed by atoms with van der Waals surface area (Å²) in [6.07, 6.45) is 0. The topological polar surface area (TPSA) is 58.6 Å². The number of nitrogens with one attached hydrogen (secondary N) is 1. The van der Waals surface area contributed by atoms with Crippen LogP contribution in [0.4, 0.5) is 4.79 Å². The maximum absolute atomic E-state index is 12.3. The Labute approximate surface area is 131 Å². The van der Waals surface area contributed by atoms with E-state index in [2.05, 4.69) is 5.32 Å². The molecule has 1 unspecified atom stereocenters. The summed E-state index contributed by atoms with van der Waals surface area (Å²) in [5, 5.41) is 2.87. The molecule has 21 heavy (non-hydrogen) atoms. The van der Waals surface area contributed by atoms with Gasteiger partial charge in [0.25, 0.3) is 0 Å². The molecule has 0 saturated carbocycles. The quantitative estimate of drug-likeness (QED) is 0.867. The van der Waals surface area contributed by atoms with Crippen LogP contribution in [0, 0.1) is 0 Å². The van der Waals surface area contributed by atoms with Crippen LogP contribution in [0.15, 0.2) is 0 Å². The van der Waals surface area contributed by atoms with Gasteiger partial charge in [0.05, 0.1) is 24.3 Å². The highest BCUT2D eigenvalue weighted by atomic mass is 32.2. The zero-order valence-electron chi connectivity index (χ0n) is 14.4. The van der Waals surface area contributed by atoms with E-state index in [4.69, 9.17) is 4.74 Å². The molecule has 0 bridgehead atoms. The molecule has 0 radical (unpaired) electrons. The van der Waals surface area contributed by atoms with Crippen LogP contribution < -0.4 is 5.32 Å². The van der Waals surface area contributed by atoms with Crippen LogP contribution in [0.25, 0.3) is 0 Å². The lowest BCUT2D eigenvalue weighted by Crippen LogP contribution is -2.60. The molecule has 0 aromatic heterocycles. The van der Waals surface area contributed by atoms with Gasteiger partial charge in [0.1, 0.15) is 0 Å². The number of urea groups is 1. The number of carbonyl (C=O) groups excluding carboxylic acids is 1. The van der Waals surface area contributed by atoms with Crippen molar-refractivity contribution in [3.8, 4) is 0 Å². The number of morpholine rings is 1. The number of hydrogen-bond acceptors (Lipinski definition) is 3. The summed E-state index contributed by atoms with van der Waals surface area (Å²) in [5.74, 6) is 0.479. The third-order valence-corrected chi connectivity index (χ3v) is 5.17. The van der Waals surface area contributed by atoms with Gasteiger partial charge in [-0.25, -0.2) is 4.79 Å². The van der Waals surface area contributed by atoms with E-state index in [9.17, 15) is 9.00 Å². The summed E-state index contributed by atoms with van der Waals surface area (Å²) in [6.45, 7) is 15.3. The van der Waals surface area contributed by atoms with Crippen molar-refractivity contribution in [3.63, 3.8) is 0 Å². The Morgan fingerprint density at radius 3 is 2.10 bits per heavy atom. The summed E-state index contributed by atoms with van der Waals surface area (Å²) in [6, 6.07) is -0.106. The molecule has 0 aliphatic carbocycles. The van der Waals surface area contributed by atoms with E-state index >= 15 is 0 Å². The van der Waals surface area contributed by atoms with Crippen molar-refractivity contribution >= 4 is 16.8 Å². The molecule has 1 heterocycles. The first-order valence-corrected chi connectivity index (χ1v) is 8.76. The molecule has 0 aromatic rings. The standard InChI is InChI=1S/C15H30N2O3S/c1-13(2,3)21(19)9-8-16-12(18)17-10-14(4,5)20-15(6,7)11-17/h8-11H2,1-7H3,(H,16,18). The predicted molar refractivity (Wildman–Crippen MR) is 87.0 cm³/mol. The van der Waals surface area contributed by atoms with Crippen LogP contribution >= 0.6 is 0 Å². The molecule has 1 rings (SSSR count). The molecule has 1 atom stereocenters. The maximum atomic E-state index is 12.3. The molecule has 0 spiro atoms. The smallest absolute Gasteiger partial charge is 0.317 e. The molecule has 1 N–H and O–H groups in total. The molecule has 1 aliphatic rings. The summed E-state index contributed by atoms with van der Waals surface area (Å²) < 4.78 is 17.7. The SMILES string of the molecule is CC1(C)CN(C(=O)NCCS(=O)C(C)(C)C)CC(C)(C)O1. The second-order valence-corrected chi connectivity index (χ2v) is 10.2. The van der Waals surface area contributed by atoms with Crippen molar-refractivity contribution in [1.29, 1.82) is 0 Å². The Bertz CT molecular complexity index is 398. The molecule has 0 aromatic carbocycles. The van der Waals surface area contributed by atoms with Gasteiger partial charge in [0.2, 0.25) is 0 Å². The first-order chi connectivity index (χ1) is 9.32. The Kier molecular flexibility index (Phi) is 5.48. The second kappa shape index (κ2) is 6.24. The highest BCUT2D eigenvalue weighted by Crippen LogP contribution is 2.27. The van der Waals surface area contributed by atoms with E-state index in [-0.39, 0.29) is 22.0 Å². The van der Waals surface area contributed by atoms with Crippen molar-refractivity contribution in [2.45, 2.75) is 64.4 Å². The molecular formula is C15H30N2O3S. The van der Waals surface area contributed by atoms with Crippen molar-refractivity contribution in [3.05, 3.63) is 0 Å². The van der Waals surface area contributed by atoms with Gasteiger partial charge < -0.3 is 15.0 Å². The minimum Gasteiger partial charge on any atom is -0.366 e. The lowest BCUT2D eigenvalue weighted by molar-refractivity contribution is -0.170. The van der Waals surface area contributed by atoms with Crippen LogP contribution in [-0.2, 0) is 15.5 Å². The number of amides is 2. The van der Waals surface area contributed by atoms with E-state index in [1.54, 1.807) is 4.90 Å². The van der Waals surface area contributed by atoms with Crippen LogP contribution in [0.3, 0.4) is 0 Å². The van der Waals surface area contributed by atoms with Crippen molar-refractivity contribution < 1.29 is 13.7 Å². The highest BCUT2D eigenvalue weighted by molar-refractivity contribution is 7.86. The fraction of sp³-hybridized carbons (Fsp3) is 0.933. The predicted octanol–water partition coefficient (Wildman–Crippen LogP) is 2.13. The van der Waals surface area contributed by atoms with Crippen LogP contribution in [0.1, 0.15) is 48.5 Å². The number of nitrogens with zero attached hydrogens (tertiary/aromatic N) is 1. The zero-order valence-corrected chi connectivity index (χ0v) is 15.2. The Hall–Kier alpha value is -0.620. The summed E-state index contributed by atoms with van der Waals surface area (Å²) in [7, 11) is -0.947. The third kappa shape index (κ3) is 5.94. The average Bonchev–Trinajstić information content (AvgIpc) is 2.22. The van der Waals surface area contributed by atoms with Crippen LogP contribution in [-0.4, -0.2) is 56.5 Å². The largest absolute Gasteiger partial charge is 0.366 e. The van der Waals surface area contributed by atoms with Gasteiger partial charge in [-0.1, -0.05) is 0 Å². The first-order valence-electron chi connectivity index (χ1n) is 7.44. The Balaban J connectivity index is 2.51. The maximum Gasteiger partial charge on any atom is 0.317 e. The lowest BCUT2D eigenvalue weighted by Gasteiger charge is -2.47. The number of rotatable bonds is 3. The minimum absolute atomic E-state index is 0.106. The lowest BCUT2D eigenvalue weighted by atomic mass is 9.99. The Morgan fingerprint density at radius 1 is 1.19 bits per heavy atom. The van der Waals surface area contributed by atoms with Crippen LogP contribution in [0.5, 0.6) is 0 Å². The van der Waals surface area contributed by atoms with E-state index in [1.807, 2.05) is 48.5 Å². The number of ether oxygens (including phenoxy) is 1. The van der Waals surface area contributed by atoms with E-state index < -0.39 is 10.8 Å². The molecule has 1 saturated heterocycles. The van der Waals surface area contributed by atoms with Gasteiger partial charge >= 0.3 is 6.03 Å². The molecule has 6 heteroatoms. The molecular weight excluding hydrogens is 288 g/mol. The van der Waals surface area contributed by atoms with Gasteiger partial charge in [0, 0.05) is 27.8 Å². The first kappa shape index (κ1) is 18.4. The van der Waals surface area contributed by atoms with Crippen molar-refractivity contribution in [1.82, 2.24) is 10.2 Å². The van der Waals surface area contributed by atoms with Gasteiger partial charge in [-0.3, -0.25) is 4.21 Å². The second-order valence-electron chi connectivity index (χ2n) is 7.87. The number of hydrogen-bond donors (Lipinski definition) is 1. The van der Waals surface area contributed by atoms with Gasteiger partial charge in [-0.2, -0.15) is 0 Å². The van der Waals surface area contributed by atoms with E-state index in [1.165, 1.54) is 0 Å². The van der Waals surface area contributed by atoms with Gasteiger partial charge in [-0.15, -0.1) is 0 Å². The van der Waals surface area contributed by atoms with E-state index in [0.717, 1.165) is 0 Å². The summed E-state index contributed by atoms with van der Waals surface area (Å²) in [4.78, 5) is 14.0. The molecule has 124 valence electrons. The van der Waals surface area contributed by atoms with Gasteiger partial charge in [0.15, 0.2) is 0 Å².